The van der Waals surface area contributed by atoms with Crippen molar-refractivity contribution in [2.45, 2.75) is 12.5 Å². The van der Waals surface area contributed by atoms with Crippen molar-refractivity contribution in [2.24, 2.45) is 0 Å². The number of rotatable bonds is 5. The van der Waals surface area contributed by atoms with Crippen molar-refractivity contribution in [2.75, 3.05) is 13.7 Å². The molecule has 0 aliphatic rings. The van der Waals surface area contributed by atoms with Gasteiger partial charge in [0.05, 0.1) is 6.61 Å². The van der Waals surface area contributed by atoms with Crippen molar-refractivity contribution in [3.8, 4) is 0 Å². The number of aliphatic hydroxyl groups is 1. The van der Waals surface area contributed by atoms with Crippen molar-refractivity contribution in [3.63, 3.8) is 0 Å². The van der Waals surface area contributed by atoms with Crippen LogP contribution in [0.4, 0.5) is 8.78 Å². The molecule has 2 aromatic carbocycles. The van der Waals surface area contributed by atoms with Crippen LogP contribution in [0.1, 0.15) is 22.8 Å². The molecule has 106 valence electrons. The van der Waals surface area contributed by atoms with Crippen molar-refractivity contribution >= 4 is 0 Å². The first-order chi connectivity index (χ1) is 9.61. The predicted octanol–water partition coefficient (Wildman–Crippen LogP) is 3.24. The van der Waals surface area contributed by atoms with Gasteiger partial charge in [-0.25, -0.2) is 8.78 Å². The first-order valence-corrected chi connectivity index (χ1v) is 6.32. The molecule has 4 heteroatoms. The van der Waals surface area contributed by atoms with E-state index in [1.165, 1.54) is 6.07 Å². The van der Waals surface area contributed by atoms with Crippen LogP contribution in [-0.2, 0) is 11.2 Å². The highest BCUT2D eigenvalue weighted by Crippen LogP contribution is 2.25. The van der Waals surface area contributed by atoms with Crippen LogP contribution in [0.15, 0.2) is 42.5 Å². The standard InChI is InChI=1S/C16H16F2O2/c1-20-9-8-11-2-4-12(5-3-11)16(19)14-7-6-13(17)10-15(14)18/h2-7,10,16,19H,8-9H2,1H3. The summed E-state index contributed by atoms with van der Waals surface area (Å²) in [6.45, 7) is 0.620. The van der Waals surface area contributed by atoms with Gasteiger partial charge in [-0.1, -0.05) is 30.3 Å². The molecular weight excluding hydrogens is 262 g/mol. The van der Waals surface area contributed by atoms with Crippen molar-refractivity contribution in [1.82, 2.24) is 0 Å². The lowest BCUT2D eigenvalue weighted by atomic mass is 9.99. The van der Waals surface area contributed by atoms with Crippen LogP contribution in [0.25, 0.3) is 0 Å². The number of benzene rings is 2. The minimum atomic E-state index is -1.10. The number of ether oxygens (including phenoxy) is 1. The van der Waals surface area contributed by atoms with Gasteiger partial charge in [-0.3, -0.25) is 0 Å². The molecule has 1 atom stereocenters. The van der Waals surface area contributed by atoms with E-state index in [-0.39, 0.29) is 5.56 Å². The molecule has 0 fully saturated rings. The topological polar surface area (TPSA) is 29.5 Å². The van der Waals surface area contributed by atoms with E-state index in [9.17, 15) is 13.9 Å². The summed E-state index contributed by atoms with van der Waals surface area (Å²) in [5.41, 5.74) is 1.70. The Kier molecular flexibility index (Phi) is 4.82. The SMILES string of the molecule is COCCc1ccc(C(O)c2ccc(F)cc2F)cc1. The molecule has 0 aliphatic heterocycles. The van der Waals surface area contributed by atoms with Crippen LogP contribution in [0, 0.1) is 11.6 Å². The predicted molar refractivity (Wildman–Crippen MR) is 72.4 cm³/mol. The molecule has 0 saturated carbocycles. The zero-order valence-electron chi connectivity index (χ0n) is 11.1. The highest BCUT2D eigenvalue weighted by molar-refractivity contribution is 5.32. The lowest BCUT2D eigenvalue weighted by Crippen LogP contribution is -2.03. The maximum Gasteiger partial charge on any atom is 0.132 e. The second-order valence-electron chi connectivity index (χ2n) is 4.55. The second-order valence-corrected chi connectivity index (χ2v) is 4.55. The molecule has 0 aliphatic carbocycles. The summed E-state index contributed by atoms with van der Waals surface area (Å²) in [7, 11) is 1.63. The minimum absolute atomic E-state index is 0.0658. The Balaban J connectivity index is 2.18. The highest BCUT2D eigenvalue weighted by atomic mass is 19.1. The molecule has 2 nitrogen and oxygen atoms in total. The molecule has 0 bridgehead atoms. The van der Waals surface area contributed by atoms with Gasteiger partial charge in [-0.15, -0.1) is 0 Å². The first-order valence-electron chi connectivity index (χ1n) is 6.32. The zero-order valence-corrected chi connectivity index (χ0v) is 11.1. The van der Waals surface area contributed by atoms with Gasteiger partial charge in [0, 0.05) is 18.7 Å². The fraction of sp³-hybridized carbons (Fsp3) is 0.250. The normalized spacial score (nSPS) is 12.4. The summed E-state index contributed by atoms with van der Waals surface area (Å²) >= 11 is 0. The van der Waals surface area contributed by atoms with Gasteiger partial charge in [-0.2, -0.15) is 0 Å². The molecule has 20 heavy (non-hydrogen) atoms. The third-order valence-electron chi connectivity index (χ3n) is 3.15. The van der Waals surface area contributed by atoms with Crippen LogP contribution < -0.4 is 0 Å². The number of hydrogen-bond donors (Lipinski definition) is 1. The summed E-state index contributed by atoms with van der Waals surface area (Å²) in [4.78, 5) is 0. The van der Waals surface area contributed by atoms with E-state index in [0.29, 0.717) is 12.2 Å². The number of halogens is 2. The van der Waals surface area contributed by atoms with Gasteiger partial charge in [0.25, 0.3) is 0 Å². The largest absolute Gasteiger partial charge is 0.384 e. The lowest BCUT2D eigenvalue weighted by Gasteiger charge is -2.13. The molecule has 0 aromatic heterocycles. The zero-order chi connectivity index (χ0) is 14.5. The Morgan fingerprint density at radius 2 is 1.80 bits per heavy atom. The molecule has 2 rings (SSSR count). The summed E-state index contributed by atoms with van der Waals surface area (Å²) in [6, 6.07) is 10.4. The number of aliphatic hydroxyl groups excluding tert-OH is 1. The number of hydrogen-bond acceptors (Lipinski definition) is 2. The third-order valence-corrected chi connectivity index (χ3v) is 3.15. The Bertz CT molecular complexity index is 567. The Morgan fingerprint density at radius 3 is 2.40 bits per heavy atom. The van der Waals surface area contributed by atoms with E-state index >= 15 is 0 Å². The second kappa shape index (κ2) is 6.59. The van der Waals surface area contributed by atoms with E-state index in [0.717, 1.165) is 24.1 Å². The van der Waals surface area contributed by atoms with Crippen molar-refractivity contribution < 1.29 is 18.6 Å². The molecule has 0 radical (unpaired) electrons. The lowest BCUT2D eigenvalue weighted by molar-refractivity contribution is 0.202. The fourth-order valence-electron chi connectivity index (χ4n) is 1.99. The van der Waals surface area contributed by atoms with Crippen LogP contribution in [-0.4, -0.2) is 18.8 Å². The average Bonchev–Trinajstić information content (AvgIpc) is 2.45. The minimum Gasteiger partial charge on any atom is -0.384 e. The Morgan fingerprint density at radius 1 is 1.10 bits per heavy atom. The van der Waals surface area contributed by atoms with Crippen LogP contribution in [0.3, 0.4) is 0 Å². The molecule has 2 aromatic rings. The van der Waals surface area contributed by atoms with E-state index in [4.69, 9.17) is 4.74 Å². The highest BCUT2D eigenvalue weighted by Gasteiger charge is 2.15. The fourth-order valence-corrected chi connectivity index (χ4v) is 1.99. The molecule has 0 amide bonds. The molecule has 0 spiro atoms. The van der Waals surface area contributed by atoms with Gasteiger partial charge in [0.1, 0.15) is 17.7 Å². The molecule has 1 unspecified atom stereocenters. The molecule has 0 saturated heterocycles. The Hall–Kier alpha value is -1.78. The van der Waals surface area contributed by atoms with Gasteiger partial charge in [0.15, 0.2) is 0 Å². The van der Waals surface area contributed by atoms with Crippen LogP contribution >= 0.6 is 0 Å². The summed E-state index contributed by atoms with van der Waals surface area (Å²) in [5.74, 6) is -1.41. The summed E-state index contributed by atoms with van der Waals surface area (Å²) < 4.78 is 31.5. The summed E-state index contributed by atoms with van der Waals surface area (Å²) in [6.07, 6.45) is -0.329. The van der Waals surface area contributed by atoms with Crippen LogP contribution in [0.5, 0.6) is 0 Å². The molecule has 0 heterocycles. The van der Waals surface area contributed by atoms with E-state index in [1.807, 2.05) is 12.1 Å². The van der Waals surface area contributed by atoms with Gasteiger partial charge >= 0.3 is 0 Å². The molecule has 1 N–H and O–H groups in total. The van der Waals surface area contributed by atoms with Gasteiger partial charge in [-0.05, 0) is 23.6 Å². The smallest absolute Gasteiger partial charge is 0.132 e. The van der Waals surface area contributed by atoms with Crippen molar-refractivity contribution in [1.29, 1.82) is 0 Å². The first kappa shape index (κ1) is 14.6. The number of methoxy groups -OCH3 is 1. The van der Waals surface area contributed by atoms with Crippen LogP contribution in [0.2, 0.25) is 0 Å². The monoisotopic (exact) mass is 278 g/mol. The quantitative estimate of drug-likeness (QED) is 0.910. The van der Waals surface area contributed by atoms with E-state index in [2.05, 4.69) is 0 Å². The van der Waals surface area contributed by atoms with E-state index < -0.39 is 17.7 Å². The van der Waals surface area contributed by atoms with Crippen molar-refractivity contribution in [3.05, 3.63) is 70.8 Å². The maximum atomic E-state index is 13.6. The Labute approximate surface area is 116 Å². The summed E-state index contributed by atoms with van der Waals surface area (Å²) in [5, 5.41) is 10.1. The maximum absolute atomic E-state index is 13.6. The van der Waals surface area contributed by atoms with E-state index in [1.54, 1.807) is 19.2 Å². The van der Waals surface area contributed by atoms with Gasteiger partial charge < -0.3 is 9.84 Å². The molecular formula is C16H16F2O2. The van der Waals surface area contributed by atoms with Gasteiger partial charge in [0.2, 0.25) is 0 Å². The third kappa shape index (κ3) is 3.40. The average molecular weight is 278 g/mol.